The molecule has 0 fully saturated rings. The second-order valence-electron chi connectivity index (χ2n) is 3.24. The summed E-state index contributed by atoms with van der Waals surface area (Å²) in [6, 6.07) is 5.85. The molecule has 0 atom stereocenters. The topological polar surface area (TPSA) is 32.9 Å². The second kappa shape index (κ2) is 5.05. The molecule has 0 amide bonds. The summed E-state index contributed by atoms with van der Waals surface area (Å²) in [7, 11) is 0. The third kappa shape index (κ3) is 2.98. The van der Waals surface area contributed by atoms with Crippen LogP contribution in [0, 0.1) is 0 Å². The van der Waals surface area contributed by atoms with Gasteiger partial charge >= 0.3 is 58.4 Å². The number of aromatic nitrogens is 1. The molecule has 1 heterocycles. The summed E-state index contributed by atoms with van der Waals surface area (Å²) in [5, 5.41) is 0.381. The molecule has 2 aromatic rings. The normalized spacial score (nSPS) is 11.2. The number of rotatable bonds is 1. The van der Waals surface area contributed by atoms with Crippen molar-refractivity contribution in [2.75, 3.05) is 0 Å². The van der Waals surface area contributed by atoms with Gasteiger partial charge in [0.1, 0.15) is 0 Å². The molecule has 0 aliphatic rings. The van der Waals surface area contributed by atoms with Crippen LogP contribution in [0.15, 0.2) is 35.1 Å². The number of benzene rings is 1. The maximum Gasteiger partial charge on any atom is 1.00 e. The Hall–Kier alpha value is -0.0787. The number of halogens is 3. The van der Waals surface area contributed by atoms with Crippen LogP contribution in [-0.2, 0) is 0 Å². The van der Waals surface area contributed by atoms with Crippen molar-refractivity contribution in [3.63, 3.8) is 0 Å². The molecular formula is C9H6BF3KNO. The fourth-order valence-electron chi connectivity index (χ4n) is 1.38. The van der Waals surface area contributed by atoms with Crippen LogP contribution in [0.5, 0.6) is 0 Å². The zero-order chi connectivity index (χ0) is 11.1. The van der Waals surface area contributed by atoms with E-state index in [2.05, 4.69) is 4.98 Å². The van der Waals surface area contributed by atoms with Gasteiger partial charge in [-0.25, -0.2) is 0 Å². The third-order valence-electron chi connectivity index (χ3n) is 2.13. The Labute approximate surface area is 132 Å². The monoisotopic (exact) mass is 251 g/mol. The first-order valence-corrected chi connectivity index (χ1v) is 4.30. The number of hydrogen-bond acceptors (Lipinski definition) is 1. The van der Waals surface area contributed by atoms with Crippen LogP contribution < -0.4 is 62.4 Å². The van der Waals surface area contributed by atoms with E-state index in [0.29, 0.717) is 10.9 Å². The minimum Gasteiger partial charge on any atom is -0.445 e. The molecule has 0 unspecified atom stereocenters. The van der Waals surface area contributed by atoms with E-state index >= 15 is 0 Å². The van der Waals surface area contributed by atoms with E-state index in [-0.39, 0.29) is 56.9 Å². The van der Waals surface area contributed by atoms with Crippen molar-refractivity contribution in [2.45, 2.75) is 0 Å². The Morgan fingerprint density at radius 3 is 2.38 bits per heavy atom. The van der Waals surface area contributed by atoms with Gasteiger partial charge in [-0.3, -0.25) is 4.79 Å². The van der Waals surface area contributed by atoms with Gasteiger partial charge in [0.05, 0.1) is 0 Å². The first-order valence-electron chi connectivity index (χ1n) is 4.30. The van der Waals surface area contributed by atoms with Gasteiger partial charge < -0.3 is 17.9 Å². The summed E-state index contributed by atoms with van der Waals surface area (Å²) in [6.07, 6.45) is 0. The summed E-state index contributed by atoms with van der Waals surface area (Å²) >= 11 is 0. The van der Waals surface area contributed by atoms with Crippen LogP contribution in [0.3, 0.4) is 0 Å². The van der Waals surface area contributed by atoms with E-state index in [0.717, 1.165) is 12.1 Å². The molecule has 0 radical (unpaired) electrons. The van der Waals surface area contributed by atoms with Gasteiger partial charge in [-0.15, -0.1) is 5.46 Å². The molecule has 2 rings (SSSR count). The standard InChI is InChI=1S/C9H6BF3NO.K/c11-10(12,13)7-2-3-8-6(5-7)1-4-9(15)14-8;/h1-5H,(H,14,15);/q-1;+1. The fourth-order valence-corrected chi connectivity index (χ4v) is 1.38. The minimum absolute atomic E-state index is 0. The Bertz CT molecular complexity index is 566. The number of nitrogens with one attached hydrogen (secondary N) is 1. The Balaban J connectivity index is 0.00000128. The number of fused-ring (bicyclic) bond motifs is 1. The van der Waals surface area contributed by atoms with Crippen molar-refractivity contribution < 1.29 is 64.3 Å². The molecule has 16 heavy (non-hydrogen) atoms. The molecule has 0 spiro atoms. The first-order chi connectivity index (χ1) is 6.97. The van der Waals surface area contributed by atoms with Gasteiger partial charge in [0, 0.05) is 11.6 Å². The van der Waals surface area contributed by atoms with Crippen molar-refractivity contribution >= 4 is 23.3 Å². The molecule has 0 bridgehead atoms. The average Bonchev–Trinajstić information content (AvgIpc) is 2.15. The zero-order valence-electron chi connectivity index (χ0n) is 8.51. The Morgan fingerprint density at radius 2 is 1.75 bits per heavy atom. The maximum atomic E-state index is 12.4. The molecule has 0 saturated heterocycles. The van der Waals surface area contributed by atoms with Crippen molar-refractivity contribution in [3.8, 4) is 0 Å². The SMILES string of the molecule is O=c1ccc2cc([B-](F)(F)F)ccc2[nH]1.[K+]. The molecule has 1 N–H and O–H groups in total. The van der Waals surface area contributed by atoms with Crippen molar-refractivity contribution in [3.05, 3.63) is 40.7 Å². The van der Waals surface area contributed by atoms with E-state index in [1.165, 1.54) is 18.2 Å². The predicted molar refractivity (Wildman–Crippen MR) is 53.3 cm³/mol. The van der Waals surface area contributed by atoms with E-state index in [9.17, 15) is 17.7 Å². The van der Waals surface area contributed by atoms with Crippen LogP contribution >= 0.6 is 0 Å². The van der Waals surface area contributed by atoms with Gasteiger partial charge in [0.15, 0.2) is 0 Å². The second-order valence-corrected chi connectivity index (χ2v) is 3.24. The van der Waals surface area contributed by atoms with Crippen LogP contribution in [0.1, 0.15) is 0 Å². The molecule has 0 aliphatic heterocycles. The zero-order valence-corrected chi connectivity index (χ0v) is 11.6. The minimum atomic E-state index is -4.99. The number of hydrogen-bond donors (Lipinski definition) is 1. The molecule has 1 aromatic carbocycles. The van der Waals surface area contributed by atoms with Gasteiger partial charge in [-0.05, 0) is 17.5 Å². The molecule has 2 nitrogen and oxygen atoms in total. The van der Waals surface area contributed by atoms with Gasteiger partial charge in [-0.1, -0.05) is 12.1 Å². The van der Waals surface area contributed by atoms with E-state index in [1.807, 2.05) is 0 Å². The van der Waals surface area contributed by atoms with Crippen molar-refractivity contribution in [1.29, 1.82) is 0 Å². The molecule has 78 valence electrons. The van der Waals surface area contributed by atoms with E-state index in [4.69, 9.17) is 0 Å². The van der Waals surface area contributed by atoms with E-state index < -0.39 is 12.4 Å². The molecule has 1 aromatic heterocycles. The first kappa shape index (κ1) is 14.0. The average molecular weight is 251 g/mol. The summed E-state index contributed by atoms with van der Waals surface area (Å²) in [5.41, 5.74) is -0.575. The van der Waals surface area contributed by atoms with Gasteiger partial charge in [0.25, 0.3) is 0 Å². The van der Waals surface area contributed by atoms with Crippen LogP contribution in [0.4, 0.5) is 12.9 Å². The predicted octanol–water partition coefficient (Wildman–Crippen LogP) is -1.41. The van der Waals surface area contributed by atoms with Crippen molar-refractivity contribution in [2.24, 2.45) is 0 Å². The summed E-state index contributed by atoms with van der Waals surface area (Å²) in [5.74, 6) is 0. The summed E-state index contributed by atoms with van der Waals surface area (Å²) < 4.78 is 37.2. The van der Waals surface area contributed by atoms with Crippen LogP contribution in [0.25, 0.3) is 10.9 Å². The summed E-state index contributed by atoms with van der Waals surface area (Å²) in [6.45, 7) is -4.99. The molecule has 7 heteroatoms. The number of aromatic amines is 1. The Kier molecular flexibility index (Phi) is 4.42. The number of pyridine rings is 1. The molecular weight excluding hydrogens is 245 g/mol. The van der Waals surface area contributed by atoms with Crippen LogP contribution in [-0.4, -0.2) is 12.0 Å². The quantitative estimate of drug-likeness (QED) is 0.620. The van der Waals surface area contributed by atoms with Gasteiger partial charge in [-0.2, -0.15) is 0 Å². The number of H-pyrrole nitrogens is 1. The smallest absolute Gasteiger partial charge is 0.445 e. The third-order valence-corrected chi connectivity index (χ3v) is 2.13. The van der Waals surface area contributed by atoms with Crippen LogP contribution in [0.2, 0.25) is 0 Å². The molecule has 0 aliphatic carbocycles. The molecule has 0 saturated carbocycles. The Morgan fingerprint density at radius 1 is 1.06 bits per heavy atom. The van der Waals surface area contributed by atoms with Crippen molar-refractivity contribution in [1.82, 2.24) is 4.98 Å². The fraction of sp³-hybridized carbons (Fsp3) is 0. The van der Waals surface area contributed by atoms with E-state index in [1.54, 1.807) is 0 Å². The largest absolute Gasteiger partial charge is 1.00 e. The summed E-state index contributed by atoms with van der Waals surface area (Å²) in [4.78, 5) is 13.3. The maximum absolute atomic E-state index is 12.4. The van der Waals surface area contributed by atoms with Gasteiger partial charge in [0.2, 0.25) is 5.56 Å².